The van der Waals surface area contributed by atoms with E-state index >= 15 is 0 Å². The molecule has 1 N–H and O–H groups in total. The van der Waals surface area contributed by atoms with Crippen molar-refractivity contribution < 1.29 is 9.53 Å². The number of ether oxygens (including phenoxy) is 1. The van der Waals surface area contributed by atoms with Gasteiger partial charge in [-0.1, -0.05) is 6.07 Å². The Balaban J connectivity index is 1.72. The molecule has 0 bridgehead atoms. The molecular formula is C20H21N3O2S. The molecule has 0 radical (unpaired) electrons. The quantitative estimate of drug-likeness (QED) is 0.772. The zero-order valence-electron chi connectivity index (χ0n) is 14.7. The van der Waals surface area contributed by atoms with E-state index in [0.717, 1.165) is 40.5 Å². The highest BCUT2D eigenvalue weighted by Gasteiger charge is 2.32. The van der Waals surface area contributed by atoms with Crippen molar-refractivity contribution in [2.75, 3.05) is 6.61 Å². The van der Waals surface area contributed by atoms with Gasteiger partial charge in [0.2, 0.25) is 5.91 Å². The summed E-state index contributed by atoms with van der Waals surface area (Å²) in [5, 5.41) is 5.05. The van der Waals surface area contributed by atoms with Crippen molar-refractivity contribution in [3.05, 3.63) is 51.8 Å². The summed E-state index contributed by atoms with van der Waals surface area (Å²) >= 11 is 1.63. The molecule has 0 saturated heterocycles. The Labute approximate surface area is 156 Å². The minimum atomic E-state index is -0.0375. The summed E-state index contributed by atoms with van der Waals surface area (Å²) in [4.78, 5) is 18.2. The number of nitrogens with one attached hydrogen (secondary N) is 1. The first-order valence-corrected chi connectivity index (χ1v) is 10.1. The summed E-state index contributed by atoms with van der Waals surface area (Å²) in [5.41, 5.74) is 6.01. The lowest BCUT2D eigenvalue weighted by Crippen LogP contribution is -2.21. The SMILES string of the molecule is CCOc1cc2c(cc1[C@@H]1CC(=O)NCc3nc4sccn4c31)CCC2. The molecule has 0 unspecified atom stereocenters. The van der Waals surface area contributed by atoms with Crippen LogP contribution in [-0.2, 0) is 24.2 Å². The number of nitrogens with zero attached hydrogens (tertiary/aromatic N) is 2. The van der Waals surface area contributed by atoms with E-state index in [1.807, 2.05) is 12.3 Å². The summed E-state index contributed by atoms with van der Waals surface area (Å²) in [6.45, 7) is 3.13. The lowest BCUT2D eigenvalue weighted by atomic mass is 9.88. The highest BCUT2D eigenvalue weighted by molar-refractivity contribution is 7.15. The van der Waals surface area contributed by atoms with Gasteiger partial charge in [0.25, 0.3) is 0 Å². The number of hydrogen-bond acceptors (Lipinski definition) is 4. The first-order valence-electron chi connectivity index (χ1n) is 9.24. The molecule has 5 rings (SSSR count). The van der Waals surface area contributed by atoms with Gasteiger partial charge in [-0.2, -0.15) is 0 Å². The van der Waals surface area contributed by atoms with Crippen LogP contribution in [0.1, 0.15) is 53.8 Å². The van der Waals surface area contributed by atoms with Crippen molar-refractivity contribution in [3.8, 4) is 5.75 Å². The van der Waals surface area contributed by atoms with Gasteiger partial charge in [-0.15, -0.1) is 11.3 Å². The number of amides is 1. The second-order valence-electron chi connectivity index (χ2n) is 6.98. The molecule has 0 fully saturated rings. The summed E-state index contributed by atoms with van der Waals surface area (Å²) in [7, 11) is 0. The third-order valence-corrected chi connectivity index (χ3v) is 6.20. The number of fused-ring (bicyclic) bond motifs is 4. The smallest absolute Gasteiger partial charge is 0.221 e. The van der Waals surface area contributed by atoms with E-state index in [-0.39, 0.29) is 11.8 Å². The van der Waals surface area contributed by atoms with E-state index in [0.29, 0.717) is 19.6 Å². The lowest BCUT2D eigenvalue weighted by Gasteiger charge is -2.20. The van der Waals surface area contributed by atoms with Gasteiger partial charge in [0.05, 0.1) is 24.5 Å². The van der Waals surface area contributed by atoms with Crippen LogP contribution in [0.25, 0.3) is 4.96 Å². The number of aryl methyl sites for hydroxylation is 2. The number of benzene rings is 1. The molecule has 5 nitrogen and oxygen atoms in total. The van der Waals surface area contributed by atoms with Crippen LogP contribution in [0.2, 0.25) is 0 Å². The Morgan fingerprint density at radius 2 is 2.19 bits per heavy atom. The Kier molecular flexibility index (Phi) is 3.74. The molecule has 1 aliphatic carbocycles. The molecule has 2 aliphatic rings. The number of rotatable bonds is 3. The average molecular weight is 367 g/mol. The second-order valence-corrected chi connectivity index (χ2v) is 7.85. The number of carbonyl (C=O) groups is 1. The van der Waals surface area contributed by atoms with Gasteiger partial charge >= 0.3 is 0 Å². The topological polar surface area (TPSA) is 55.6 Å². The molecule has 134 valence electrons. The fourth-order valence-corrected chi connectivity index (χ4v) is 5.05. The van der Waals surface area contributed by atoms with E-state index < -0.39 is 0 Å². The summed E-state index contributed by atoms with van der Waals surface area (Å²) in [5.74, 6) is 0.952. The van der Waals surface area contributed by atoms with Crippen molar-refractivity contribution in [2.45, 2.75) is 45.1 Å². The molecule has 0 saturated carbocycles. The van der Waals surface area contributed by atoms with Crippen molar-refractivity contribution in [2.24, 2.45) is 0 Å². The maximum absolute atomic E-state index is 12.4. The second kappa shape index (κ2) is 6.13. The fraction of sp³-hybridized carbons (Fsp3) is 0.400. The van der Waals surface area contributed by atoms with Crippen molar-refractivity contribution in [1.29, 1.82) is 0 Å². The first kappa shape index (κ1) is 15.9. The average Bonchev–Trinajstić information content (AvgIpc) is 3.31. The molecule has 2 aromatic heterocycles. The molecule has 6 heteroatoms. The van der Waals surface area contributed by atoms with Gasteiger partial charge in [-0.05, 0) is 43.4 Å². The van der Waals surface area contributed by atoms with Gasteiger partial charge in [-0.3, -0.25) is 9.20 Å². The molecule has 1 aromatic carbocycles. The molecule has 1 amide bonds. The van der Waals surface area contributed by atoms with Crippen LogP contribution in [-0.4, -0.2) is 21.9 Å². The molecule has 0 spiro atoms. The number of carbonyl (C=O) groups excluding carboxylic acids is 1. The lowest BCUT2D eigenvalue weighted by molar-refractivity contribution is -0.121. The van der Waals surface area contributed by atoms with E-state index in [4.69, 9.17) is 9.72 Å². The Morgan fingerprint density at radius 1 is 1.35 bits per heavy atom. The Bertz CT molecular complexity index is 1000. The highest BCUT2D eigenvalue weighted by Crippen LogP contribution is 2.41. The zero-order chi connectivity index (χ0) is 17.7. The van der Waals surface area contributed by atoms with E-state index in [9.17, 15) is 4.79 Å². The van der Waals surface area contributed by atoms with Crippen LogP contribution in [0.4, 0.5) is 0 Å². The van der Waals surface area contributed by atoms with Crippen molar-refractivity contribution in [1.82, 2.24) is 14.7 Å². The van der Waals surface area contributed by atoms with Gasteiger partial charge in [0.15, 0.2) is 4.96 Å². The molecule has 3 aromatic rings. The number of thiazole rings is 1. The normalized spacial score (nSPS) is 19.1. The maximum atomic E-state index is 12.4. The van der Waals surface area contributed by atoms with Crippen LogP contribution >= 0.6 is 11.3 Å². The van der Waals surface area contributed by atoms with Crippen LogP contribution in [0.5, 0.6) is 5.75 Å². The van der Waals surface area contributed by atoms with Gasteiger partial charge < -0.3 is 10.1 Å². The minimum absolute atomic E-state index is 0.0375. The minimum Gasteiger partial charge on any atom is -0.494 e. The van der Waals surface area contributed by atoms with Gasteiger partial charge in [0, 0.05) is 29.5 Å². The largest absolute Gasteiger partial charge is 0.494 e. The third kappa shape index (κ3) is 2.43. The van der Waals surface area contributed by atoms with Crippen LogP contribution in [0, 0.1) is 0 Å². The first-order chi connectivity index (χ1) is 12.7. The highest BCUT2D eigenvalue weighted by atomic mass is 32.1. The standard InChI is InChI=1S/C20H21N3O2S/c1-2-25-17-9-13-5-3-4-12(13)8-14(17)15-10-18(24)21-11-16-19(15)23-6-7-26-20(23)22-16/h6-9,15H,2-5,10-11H2,1H3,(H,21,24)/t15-/m0/s1. The zero-order valence-corrected chi connectivity index (χ0v) is 15.6. The van der Waals surface area contributed by atoms with Crippen LogP contribution in [0.3, 0.4) is 0 Å². The number of imidazole rings is 1. The van der Waals surface area contributed by atoms with Gasteiger partial charge in [0.1, 0.15) is 5.75 Å². The number of aromatic nitrogens is 2. The molecule has 1 aliphatic heterocycles. The van der Waals surface area contributed by atoms with E-state index in [1.54, 1.807) is 11.3 Å². The molecular weight excluding hydrogens is 346 g/mol. The summed E-state index contributed by atoms with van der Waals surface area (Å²) in [6.07, 6.45) is 5.91. The Morgan fingerprint density at radius 3 is 3.04 bits per heavy atom. The summed E-state index contributed by atoms with van der Waals surface area (Å²) < 4.78 is 8.16. The van der Waals surface area contributed by atoms with Crippen molar-refractivity contribution >= 4 is 22.2 Å². The molecule has 3 heterocycles. The van der Waals surface area contributed by atoms with Crippen molar-refractivity contribution in [3.63, 3.8) is 0 Å². The third-order valence-electron chi connectivity index (χ3n) is 5.45. The monoisotopic (exact) mass is 367 g/mol. The van der Waals surface area contributed by atoms with E-state index in [1.165, 1.54) is 17.5 Å². The Hall–Kier alpha value is -2.34. The summed E-state index contributed by atoms with van der Waals surface area (Å²) in [6, 6.07) is 4.49. The van der Waals surface area contributed by atoms with Gasteiger partial charge in [-0.25, -0.2) is 4.98 Å². The fourth-order valence-electron chi connectivity index (χ4n) is 4.31. The number of hydrogen-bond donors (Lipinski definition) is 1. The predicted molar refractivity (Wildman–Crippen MR) is 101 cm³/mol. The van der Waals surface area contributed by atoms with Crippen LogP contribution in [0.15, 0.2) is 23.7 Å². The molecule has 1 atom stereocenters. The van der Waals surface area contributed by atoms with Crippen LogP contribution < -0.4 is 10.1 Å². The molecule has 26 heavy (non-hydrogen) atoms. The predicted octanol–water partition coefficient (Wildman–Crippen LogP) is 3.44. The maximum Gasteiger partial charge on any atom is 0.221 e. The van der Waals surface area contributed by atoms with E-state index in [2.05, 4.69) is 28.0 Å².